The van der Waals surface area contributed by atoms with Gasteiger partial charge in [-0.3, -0.25) is 0 Å². The lowest BCUT2D eigenvalue weighted by molar-refractivity contribution is 0.644. The Morgan fingerprint density at radius 2 is 1.90 bits per heavy atom. The summed E-state index contributed by atoms with van der Waals surface area (Å²) in [5, 5.41) is 11.8. The monoisotopic (exact) mass is 276 g/mol. The average Bonchev–Trinajstić information content (AvgIpc) is 3.04. The van der Waals surface area contributed by atoms with Crippen LogP contribution in [0, 0.1) is 0 Å². The van der Waals surface area contributed by atoms with E-state index in [1.165, 1.54) is 16.7 Å². The van der Waals surface area contributed by atoms with E-state index in [-0.39, 0.29) is 0 Å². The summed E-state index contributed by atoms with van der Waals surface area (Å²) in [6.07, 6.45) is 2.92. The highest BCUT2D eigenvalue weighted by Crippen LogP contribution is 2.29. The highest BCUT2D eigenvalue weighted by Gasteiger charge is 2.17. The zero-order valence-electron chi connectivity index (χ0n) is 11.7. The number of para-hydroxylation sites is 1. The van der Waals surface area contributed by atoms with E-state index in [0.29, 0.717) is 0 Å². The van der Waals surface area contributed by atoms with Crippen LogP contribution in [-0.2, 0) is 13.0 Å². The van der Waals surface area contributed by atoms with Crippen molar-refractivity contribution in [3.05, 3.63) is 65.9 Å². The number of aromatic nitrogens is 3. The van der Waals surface area contributed by atoms with Gasteiger partial charge in [-0.05, 0) is 36.2 Å². The fourth-order valence-electron chi connectivity index (χ4n) is 2.93. The quantitative estimate of drug-likeness (QED) is 0.782. The summed E-state index contributed by atoms with van der Waals surface area (Å²) in [7, 11) is 0. The molecular formula is C17H16N4. The SMILES string of the molecule is c1ccc(-n2nncc2-c2cccc3c2CNCC3)cc1. The highest BCUT2D eigenvalue weighted by molar-refractivity contribution is 5.67. The van der Waals surface area contributed by atoms with Crippen molar-refractivity contribution in [2.45, 2.75) is 13.0 Å². The number of fused-ring (bicyclic) bond motifs is 1. The minimum Gasteiger partial charge on any atom is -0.312 e. The maximum Gasteiger partial charge on any atom is 0.0947 e. The van der Waals surface area contributed by atoms with Crippen LogP contribution in [0.25, 0.3) is 16.9 Å². The molecular weight excluding hydrogens is 260 g/mol. The van der Waals surface area contributed by atoms with Crippen LogP contribution in [0.3, 0.4) is 0 Å². The number of hydrogen-bond donors (Lipinski definition) is 1. The van der Waals surface area contributed by atoms with Gasteiger partial charge in [0.1, 0.15) is 0 Å². The number of nitrogens with one attached hydrogen (secondary N) is 1. The van der Waals surface area contributed by atoms with E-state index < -0.39 is 0 Å². The second kappa shape index (κ2) is 5.14. The maximum absolute atomic E-state index is 4.26. The molecule has 0 atom stereocenters. The van der Waals surface area contributed by atoms with Crippen LogP contribution in [0.1, 0.15) is 11.1 Å². The minimum atomic E-state index is 0.908. The molecule has 1 aliphatic rings. The third-order valence-corrected chi connectivity index (χ3v) is 3.97. The van der Waals surface area contributed by atoms with Crippen LogP contribution >= 0.6 is 0 Å². The summed E-state index contributed by atoms with van der Waals surface area (Å²) in [5.41, 5.74) is 6.08. The first-order chi connectivity index (χ1) is 10.4. The normalized spacial score (nSPS) is 13.9. The van der Waals surface area contributed by atoms with Crippen molar-refractivity contribution >= 4 is 0 Å². The first-order valence-corrected chi connectivity index (χ1v) is 7.21. The van der Waals surface area contributed by atoms with Gasteiger partial charge in [0.15, 0.2) is 0 Å². The molecule has 4 rings (SSSR count). The fourth-order valence-corrected chi connectivity index (χ4v) is 2.93. The van der Waals surface area contributed by atoms with Gasteiger partial charge in [-0.15, -0.1) is 5.10 Å². The lowest BCUT2D eigenvalue weighted by Gasteiger charge is -2.20. The first kappa shape index (κ1) is 12.3. The van der Waals surface area contributed by atoms with Gasteiger partial charge in [-0.1, -0.05) is 41.6 Å². The highest BCUT2D eigenvalue weighted by atomic mass is 15.4. The zero-order valence-corrected chi connectivity index (χ0v) is 11.7. The minimum absolute atomic E-state index is 0.908. The molecule has 0 spiro atoms. The predicted octanol–water partition coefficient (Wildman–Crippen LogP) is 2.58. The summed E-state index contributed by atoms with van der Waals surface area (Å²) in [6.45, 7) is 1.96. The molecule has 0 saturated heterocycles. The predicted molar refractivity (Wildman–Crippen MR) is 82.2 cm³/mol. The Bertz CT molecular complexity index is 761. The number of benzene rings is 2. The van der Waals surface area contributed by atoms with E-state index in [9.17, 15) is 0 Å². The van der Waals surface area contributed by atoms with Gasteiger partial charge in [-0.25, -0.2) is 4.68 Å². The Hall–Kier alpha value is -2.46. The molecule has 2 heterocycles. The average molecular weight is 276 g/mol. The molecule has 0 saturated carbocycles. The third kappa shape index (κ3) is 2.14. The molecule has 0 amide bonds. The van der Waals surface area contributed by atoms with Gasteiger partial charge in [0, 0.05) is 12.1 Å². The molecule has 0 fully saturated rings. The zero-order chi connectivity index (χ0) is 14.1. The number of hydrogen-bond acceptors (Lipinski definition) is 3. The third-order valence-electron chi connectivity index (χ3n) is 3.97. The Labute approximate surface area is 123 Å². The van der Waals surface area contributed by atoms with Crippen molar-refractivity contribution in [3.8, 4) is 16.9 Å². The molecule has 3 aromatic rings. The molecule has 0 radical (unpaired) electrons. The molecule has 0 unspecified atom stereocenters. The summed E-state index contributed by atoms with van der Waals surface area (Å²) in [6, 6.07) is 16.6. The Kier molecular flexibility index (Phi) is 3.01. The smallest absolute Gasteiger partial charge is 0.0947 e. The first-order valence-electron chi connectivity index (χ1n) is 7.21. The van der Waals surface area contributed by atoms with Gasteiger partial charge in [-0.2, -0.15) is 0 Å². The summed E-state index contributed by atoms with van der Waals surface area (Å²) in [5.74, 6) is 0. The second-order valence-corrected chi connectivity index (χ2v) is 5.24. The van der Waals surface area contributed by atoms with Crippen molar-refractivity contribution in [2.24, 2.45) is 0 Å². The molecule has 1 aromatic heterocycles. The molecule has 21 heavy (non-hydrogen) atoms. The number of nitrogens with zero attached hydrogens (tertiary/aromatic N) is 3. The van der Waals surface area contributed by atoms with Crippen LogP contribution < -0.4 is 5.32 Å². The Morgan fingerprint density at radius 3 is 2.81 bits per heavy atom. The van der Waals surface area contributed by atoms with E-state index >= 15 is 0 Å². The molecule has 4 heteroatoms. The Balaban J connectivity index is 1.88. The fraction of sp³-hybridized carbons (Fsp3) is 0.176. The number of rotatable bonds is 2. The van der Waals surface area contributed by atoms with Gasteiger partial charge >= 0.3 is 0 Å². The van der Waals surface area contributed by atoms with Crippen molar-refractivity contribution in [3.63, 3.8) is 0 Å². The lowest BCUT2D eigenvalue weighted by Crippen LogP contribution is -2.24. The van der Waals surface area contributed by atoms with Crippen LogP contribution in [0.4, 0.5) is 0 Å². The molecule has 2 aromatic carbocycles. The van der Waals surface area contributed by atoms with Crippen LogP contribution in [0.5, 0.6) is 0 Å². The van der Waals surface area contributed by atoms with E-state index in [0.717, 1.165) is 30.9 Å². The molecule has 1 aliphatic heterocycles. The van der Waals surface area contributed by atoms with Crippen molar-refractivity contribution < 1.29 is 0 Å². The summed E-state index contributed by atoms with van der Waals surface area (Å²) >= 11 is 0. The van der Waals surface area contributed by atoms with E-state index in [1.807, 2.05) is 41.2 Å². The van der Waals surface area contributed by atoms with Crippen LogP contribution in [-0.4, -0.2) is 21.5 Å². The maximum atomic E-state index is 4.26. The summed E-state index contributed by atoms with van der Waals surface area (Å²) in [4.78, 5) is 0. The summed E-state index contributed by atoms with van der Waals surface area (Å²) < 4.78 is 1.91. The van der Waals surface area contributed by atoms with E-state index in [2.05, 4.69) is 33.8 Å². The van der Waals surface area contributed by atoms with Gasteiger partial charge in [0.05, 0.1) is 17.6 Å². The molecule has 104 valence electrons. The van der Waals surface area contributed by atoms with Crippen molar-refractivity contribution in [1.82, 2.24) is 20.3 Å². The topological polar surface area (TPSA) is 42.7 Å². The molecule has 4 nitrogen and oxygen atoms in total. The standard InChI is InChI=1S/C17H16N4/c1-2-6-14(7-3-1)21-17(12-19-20-21)15-8-4-5-13-9-10-18-11-16(13)15/h1-8,12,18H,9-11H2. The van der Waals surface area contributed by atoms with Crippen LogP contribution in [0.2, 0.25) is 0 Å². The molecule has 0 bridgehead atoms. The van der Waals surface area contributed by atoms with Crippen LogP contribution in [0.15, 0.2) is 54.7 Å². The molecule has 1 N–H and O–H groups in total. The van der Waals surface area contributed by atoms with Gasteiger partial charge < -0.3 is 5.32 Å². The van der Waals surface area contributed by atoms with Crippen molar-refractivity contribution in [2.75, 3.05) is 6.54 Å². The lowest BCUT2D eigenvalue weighted by atomic mass is 9.94. The van der Waals surface area contributed by atoms with Crippen molar-refractivity contribution in [1.29, 1.82) is 0 Å². The van der Waals surface area contributed by atoms with E-state index in [4.69, 9.17) is 0 Å². The van der Waals surface area contributed by atoms with Gasteiger partial charge in [0.2, 0.25) is 0 Å². The Morgan fingerprint density at radius 1 is 1.00 bits per heavy atom. The second-order valence-electron chi connectivity index (χ2n) is 5.24. The largest absolute Gasteiger partial charge is 0.312 e. The van der Waals surface area contributed by atoms with E-state index in [1.54, 1.807) is 0 Å². The molecule has 0 aliphatic carbocycles. The van der Waals surface area contributed by atoms with Gasteiger partial charge in [0.25, 0.3) is 0 Å².